The molecule has 1 aliphatic heterocycles. The normalized spacial score (nSPS) is 15.1. The number of nitrogens with zero attached hydrogens (tertiary/aromatic N) is 2. The second kappa shape index (κ2) is 17.4. The molecule has 0 aromatic heterocycles. The maximum atomic E-state index is 12.4. The maximum absolute atomic E-state index is 12.4. The van der Waals surface area contributed by atoms with Crippen LogP contribution in [0, 0.1) is 0 Å². The average molecular weight is 487 g/mol. The lowest BCUT2D eigenvalue weighted by Gasteiger charge is -2.39. The Morgan fingerprint density at radius 1 is 0.735 bits per heavy atom. The van der Waals surface area contributed by atoms with E-state index in [0.717, 1.165) is 30.8 Å². The first-order valence-corrected chi connectivity index (χ1v) is 13.7. The predicted molar refractivity (Wildman–Crippen MR) is 141 cm³/mol. The van der Waals surface area contributed by atoms with Gasteiger partial charge in [0.05, 0.1) is 39.4 Å². The third kappa shape index (κ3) is 12.6. The van der Waals surface area contributed by atoms with Crippen LogP contribution < -0.4 is 5.46 Å². The summed E-state index contributed by atoms with van der Waals surface area (Å²) < 4.78 is 43.9. The lowest BCUT2D eigenvalue weighted by Crippen LogP contribution is -2.50. The average Bonchev–Trinajstić information content (AvgIpc) is 2.84. The molecular formula is C27H50BF3N2O. The largest absolute Gasteiger partial charge is 0.509 e. The minimum atomic E-state index is -4.88. The monoisotopic (exact) mass is 486 g/mol. The van der Waals surface area contributed by atoms with Crippen molar-refractivity contribution < 1.29 is 22.2 Å². The molecule has 34 heavy (non-hydrogen) atoms. The minimum Gasteiger partial charge on any atom is -0.445 e. The number of morpholine rings is 1. The van der Waals surface area contributed by atoms with Crippen molar-refractivity contribution in [3.05, 3.63) is 29.8 Å². The van der Waals surface area contributed by atoms with Gasteiger partial charge in [0.2, 0.25) is 0 Å². The molecule has 0 atom stereocenters. The summed E-state index contributed by atoms with van der Waals surface area (Å²) in [6, 6.07) is 5.44. The van der Waals surface area contributed by atoms with Crippen molar-refractivity contribution in [2.24, 2.45) is 0 Å². The Hall–Kier alpha value is -1.05. The standard InChI is InChI=1S/C16H36N.C11H14BF3NO/c1-5-9-13-17(14-10-6-2,15-11-7-3)16-12-8-4;13-12(14,15)11-3-1-10(2-4-11)9-16-5-7-17-8-6-16/h5-16H2,1-4H3;1-4H,5-9H2/q+1;-1. The summed E-state index contributed by atoms with van der Waals surface area (Å²) in [5, 5.41) is 0. The van der Waals surface area contributed by atoms with Gasteiger partial charge in [-0.2, -0.15) is 0 Å². The van der Waals surface area contributed by atoms with Crippen molar-refractivity contribution in [2.45, 2.75) is 85.6 Å². The van der Waals surface area contributed by atoms with Crippen molar-refractivity contribution in [1.29, 1.82) is 0 Å². The maximum Gasteiger partial charge on any atom is 0.509 e. The zero-order valence-corrected chi connectivity index (χ0v) is 22.3. The van der Waals surface area contributed by atoms with Crippen LogP contribution in [-0.2, 0) is 11.3 Å². The first-order valence-electron chi connectivity index (χ1n) is 13.7. The van der Waals surface area contributed by atoms with Crippen LogP contribution in [0.3, 0.4) is 0 Å². The highest BCUT2D eigenvalue weighted by atomic mass is 19.4. The molecule has 1 aromatic rings. The Labute approximate surface area is 207 Å². The van der Waals surface area contributed by atoms with Gasteiger partial charge in [-0.1, -0.05) is 77.6 Å². The number of hydrogen-bond donors (Lipinski definition) is 0. The summed E-state index contributed by atoms with van der Waals surface area (Å²) in [7, 11) is 0. The van der Waals surface area contributed by atoms with E-state index < -0.39 is 12.4 Å². The van der Waals surface area contributed by atoms with Crippen molar-refractivity contribution >= 4 is 12.4 Å². The van der Waals surface area contributed by atoms with Crippen molar-refractivity contribution in [2.75, 3.05) is 52.5 Å². The van der Waals surface area contributed by atoms with Gasteiger partial charge in [0.25, 0.3) is 0 Å². The SMILES string of the molecule is CCCC[N+](CCCC)(CCCC)CCCC.F[B-](F)(F)c1ccc(CN2CCOCC2)cc1. The minimum absolute atomic E-state index is 0.532. The van der Waals surface area contributed by atoms with Gasteiger partial charge in [-0.3, -0.25) is 4.90 Å². The molecular weight excluding hydrogens is 436 g/mol. The molecule has 1 saturated heterocycles. The van der Waals surface area contributed by atoms with E-state index in [0.29, 0.717) is 19.8 Å². The highest BCUT2D eigenvalue weighted by molar-refractivity contribution is 6.73. The number of benzene rings is 1. The molecule has 2 rings (SSSR count). The summed E-state index contributed by atoms with van der Waals surface area (Å²) in [6.07, 6.45) is 11.1. The molecule has 0 unspecified atom stereocenters. The van der Waals surface area contributed by atoms with Crippen LogP contribution in [0.15, 0.2) is 24.3 Å². The van der Waals surface area contributed by atoms with Gasteiger partial charge in [0.1, 0.15) is 0 Å². The fraction of sp³-hybridized carbons (Fsp3) is 0.778. The topological polar surface area (TPSA) is 12.5 Å². The van der Waals surface area contributed by atoms with Crippen molar-refractivity contribution in [3.8, 4) is 0 Å². The second-order valence-electron chi connectivity index (χ2n) is 9.86. The Morgan fingerprint density at radius 3 is 1.50 bits per heavy atom. The van der Waals surface area contributed by atoms with Gasteiger partial charge in [-0.15, -0.1) is 5.46 Å². The van der Waals surface area contributed by atoms with Crippen molar-refractivity contribution in [1.82, 2.24) is 4.90 Å². The highest BCUT2D eigenvalue weighted by Gasteiger charge is 2.25. The summed E-state index contributed by atoms with van der Waals surface area (Å²) >= 11 is 0. The molecule has 1 aliphatic rings. The van der Waals surface area contributed by atoms with Crippen LogP contribution >= 0.6 is 0 Å². The van der Waals surface area contributed by atoms with Crippen LogP contribution in [0.25, 0.3) is 0 Å². The summed E-state index contributed by atoms with van der Waals surface area (Å²) in [4.78, 5) is 2.18. The number of rotatable bonds is 15. The fourth-order valence-electron chi connectivity index (χ4n) is 4.50. The van der Waals surface area contributed by atoms with E-state index in [1.807, 2.05) is 0 Å². The van der Waals surface area contributed by atoms with Crippen LogP contribution in [0.2, 0.25) is 0 Å². The van der Waals surface area contributed by atoms with Crippen LogP contribution in [-0.4, -0.2) is 68.8 Å². The van der Waals surface area contributed by atoms with Gasteiger partial charge in [-0.05, 0) is 31.2 Å². The van der Waals surface area contributed by atoms with E-state index in [2.05, 4.69) is 32.6 Å². The van der Waals surface area contributed by atoms with Crippen LogP contribution in [0.1, 0.15) is 84.6 Å². The van der Waals surface area contributed by atoms with E-state index in [1.54, 1.807) is 12.1 Å². The second-order valence-corrected chi connectivity index (χ2v) is 9.86. The lowest BCUT2D eigenvalue weighted by molar-refractivity contribution is -0.929. The Kier molecular flexibility index (Phi) is 15.9. The molecule has 0 radical (unpaired) electrons. The summed E-state index contributed by atoms with van der Waals surface area (Å²) in [5.41, 5.74) is 0.381. The number of ether oxygens (including phenoxy) is 1. The van der Waals surface area contributed by atoms with E-state index in [1.165, 1.54) is 82.0 Å². The Bertz CT molecular complexity index is 582. The van der Waals surface area contributed by atoms with Crippen LogP contribution in [0.4, 0.5) is 12.9 Å². The van der Waals surface area contributed by atoms with E-state index in [-0.39, 0.29) is 0 Å². The summed E-state index contributed by atoms with van der Waals surface area (Å²) in [5.74, 6) is 0. The molecule has 3 nitrogen and oxygen atoms in total. The van der Waals surface area contributed by atoms with Gasteiger partial charge in [0, 0.05) is 19.6 Å². The molecule has 0 bridgehead atoms. The van der Waals surface area contributed by atoms with Gasteiger partial charge in [0.15, 0.2) is 0 Å². The number of quaternary nitrogens is 1. The molecule has 198 valence electrons. The van der Waals surface area contributed by atoms with Crippen molar-refractivity contribution in [3.63, 3.8) is 0 Å². The van der Waals surface area contributed by atoms with E-state index in [9.17, 15) is 12.9 Å². The zero-order valence-electron chi connectivity index (χ0n) is 22.3. The van der Waals surface area contributed by atoms with Gasteiger partial charge in [-0.25, -0.2) is 0 Å². The Balaban J connectivity index is 0.000000340. The molecule has 0 spiro atoms. The quantitative estimate of drug-likeness (QED) is 0.205. The van der Waals surface area contributed by atoms with Crippen LogP contribution in [0.5, 0.6) is 0 Å². The lowest BCUT2D eigenvalue weighted by atomic mass is 9.80. The van der Waals surface area contributed by atoms with E-state index >= 15 is 0 Å². The highest BCUT2D eigenvalue weighted by Crippen LogP contribution is 2.16. The molecule has 0 saturated carbocycles. The number of unbranched alkanes of at least 4 members (excludes halogenated alkanes) is 4. The third-order valence-corrected chi connectivity index (χ3v) is 6.81. The smallest absolute Gasteiger partial charge is 0.445 e. The first-order chi connectivity index (χ1) is 16.3. The molecule has 0 amide bonds. The van der Waals surface area contributed by atoms with Gasteiger partial charge < -0.3 is 22.2 Å². The molecule has 1 heterocycles. The predicted octanol–water partition coefficient (Wildman–Crippen LogP) is 6.58. The number of halogens is 3. The first kappa shape index (κ1) is 31.0. The van der Waals surface area contributed by atoms with Gasteiger partial charge >= 0.3 is 6.98 Å². The van der Waals surface area contributed by atoms with E-state index in [4.69, 9.17) is 4.74 Å². The third-order valence-electron chi connectivity index (χ3n) is 6.81. The molecule has 0 N–H and O–H groups in total. The fourth-order valence-corrected chi connectivity index (χ4v) is 4.50. The molecule has 1 aromatic carbocycles. The zero-order chi connectivity index (χ0) is 25.3. The molecule has 1 fully saturated rings. The molecule has 7 heteroatoms. The Morgan fingerprint density at radius 2 is 1.15 bits per heavy atom. The number of hydrogen-bond acceptors (Lipinski definition) is 2. The summed E-state index contributed by atoms with van der Waals surface area (Å²) in [6.45, 7) is 13.9. The molecule has 0 aliphatic carbocycles.